The normalized spacial score (nSPS) is 18.7. The van der Waals surface area contributed by atoms with Crippen molar-refractivity contribution in [3.63, 3.8) is 0 Å². The van der Waals surface area contributed by atoms with Crippen LogP contribution in [-0.2, 0) is 0 Å². The van der Waals surface area contributed by atoms with E-state index in [9.17, 15) is 23.2 Å². The molecule has 1 N–H and O–H groups in total. The molecule has 4 rings (SSSR count). The maximum Gasteiger partial charge on any atom is 0.384 e. The second-order valence-corrected chi connectivity index (χ2v) is 7.41. The summed E-state index contributed by atoms with van der Waals surface area (Å²) in [4.78, 5) is 24.0. The molecule has 0 bridgehead atoms. The zero-order valence-corrected chi connectivity index (χ0v) is 16.4. The fourth-order valence-electron chi connectivity index (χ4n) is 3.98. The van der Waals surface area contributed by atoms with E-state index in [1.165, 1.54) is 6.20 Å². The average Bonchev–Trinajstić information content (AvgIpc) is 2.73. The Kier molecular flexibility index (Phi) is 5.10. The summed E-state index contributed by atoms with van der Waals surface area (Å²) >= 11 is 0. The highest BCUT2D eigenvalue weighted by atomic mass is 19.2. The van der Waals surface area contributed by atoms with Gasteiger partial charge >= 0.3 is 5.69 Å². The van der Waals surface area contributed by atoms with Gasteiger partial charge in [0, 0.05) is 49.5 Å². The molecule has 3 aromatic rings. The summed E-state index contributed by atoms with van der Waals surface area (Å²) in [7, 11) is 0. The van der Waals surface area contributed by atoms with E-state index in [0.29, 0.717) is 41.6 Å². The molecule has 1 aliphatic heterocycles. The molecule has 0 saturated carbocycles. The van der Waals surface area contributed by atoms with Crippen LogP contribution in [0.2, 0.25) is 0 Å². The van der Waals surface area contributed by atoms with Gasteiger partial charge in [-0.05, 0) is 32.0 Å². The molecule has 0 unspecified atom stereocenters. The number of halogens is 3. The molecule has 158 valence electrons. The molecule has 0 spiro atoms. The summed E-state index contributed by atoms with van der Waals surface area (Å²) in [6, 6.07) is 4.25. The van der Waals surface area contributed by atoms with Crippen LogP contribution in [0.4, 0.5) is 19.0 Å². The van der Waals surface area contributed by atoms with E-state index in [-0.39, 0.29) is 17.3 Å². The van der Waals surface area contributed by atoms with Gasteiger partial charge in [0.05, 0.1) is 5.39 Å². The van der Waals surface area contributed by atoms with E-state index in [1.807, 2.05) is 16.7 Å². The van der Waals surface area contributed by atoms with Gasteiger partial charge in [0.2, 0.25) is 0 Å². The molecule has 1 fully saturated rings. The van der Waals surface area contributed by atoms with Crippen LogP contribution in [0.1, 0.15) is 25.5 Å². The van der Waals surface area contributed by atoms with Crippen molar-refractivity contribution in [2.24, 2.45) is 0 Å². The second kappa shape index (κ2) is 7.60. The first-order valence-corrected chi connectivity index (χ1v) is 9.50. The van der Waals surface area contributed by atoms with E-state index in [0.717, 1.165) is 6.07 Å². The van der Waals surface area contributed by atoms with Crippen LogP contribution < -0.4 is 10.6 Å². The quantitative estimate of drug-likeness (QED) is 0.520. The molecule has 1 aromatic carbocycles. The van der Waals surface area contributed by atoms with Crippen LogP contribution in [0, 0.1) is 17.5 Å². The predicted octanol–water partition coefficient (Wildman–Crippen LogP) is 2.72. The van der Waals surface area contributed by atoms with Crippen molar-refractivity contribution in [3.8, 4) is 0 Å². The van der Waals surface area contributed by atoms with Crippen LogP contribution in [0.25, 0.3) is 11.0 Å². The molecule has 3 heterocycles. The molecule has 1 saturated heterocycles. The van der Waals surface area contributed by atoms with Crippen molar-refractivity contribution >= 4 is 16.9 Å². The molecule has 30 heavy (non-hydrogen) atoms. The number of aromatic nitrogens is 3. The first-order chi connectivity index (χ1) is 14.3. The number of pyridine rings is 1. The van der Waals surface area contributed by atoms with Crippen LogP contribution in [0.3, 0.4) is 0 Å². The number of piperazine rings is 1. The largest absolute Gasteiger partial charge is 0.422 e. The van der Waals surface area contributed by atoms with Gasteiger partial charge in [0.25, 0.3) is 0 Å². The van der Waals surface area contributed by atoms with Crippen LogP contribution in [0.15, 0.2) is 35.3 Å². The number of fused-ring (bicyclic) bond motifs is 1. The highest BCUT2D eigenvalue weighted by Crippen LogP contribution is 2.30. The highest BCUT2D eigenvalue weighted by molar-refractivity contribution is 5.87. The summed E-state index contributed by atoms with van der Waals surface area (Å²) in [5.74, 6) is -2.69. The lowest BCUT2D eigenvalue weighted by molar-refractivity contribution is 0.170. The number of anilines is 1. The lowest BCUT2D eigenvalue weighted by Crippen LogP contribution is -2.53. The van der Waals surface area contributed by atoms with Crippen LogP contribution >= 0.6 is 0 Å². The predicted molar refractivity (Wildman–Crippen MR) is 104 cm³/mol. The van der Waals surface area contributed by atoms with Crippen LogP contribution in [0.5, 0.6) is 0 Å². The average molecular weight is 419 g/mol. The summed E-state index contributed by atoms with van der Waals surface area (Å²) in [5, 5.41) is 10.4. The van der Waals surface area contributed by atoms with Crippen molar-refractivity contribution in [1.29, 1.82) is 0 Å². The van der Waals surface area contributed by atoms with Crippen molar-refractivity contribution < 1.29 is 18.4 Å². The van der Waals surface area contributed by atoms with Gasteiger partial charge in [-0.25, -0.2) is 22.9 Å². The number of rotatable bonds is 3. The maximum absolute atomic E-state index is 14.2. The van der Waals surface area contributed by atoms with Gasteiger partial charge in [-0.15, -0.1) is 4.73 Å². The van der Waals surface area contributed by atoms with Gasteiger partial charge in [0.1, 0.15) is 11.6 Å². The second-order valence-electron chi connectivity index (χ2n) is 7.41. The third kappa shape index (κ3) is 3.36. The molecule has 1 aliphatic rings. The minimum absolute atomic E-state index is 0.0381. The van der Waals surface area contributed by atoms with E-state index in [1.54, 1.807) is 19.1 Å². The molecule has 2 atom stereocenters. The fraction of sp³-hybridized carbons (Fsp3) is 0.350. The summed E-state index contributed by atoms with van der Waals surface area (Å²) < 4.78 is 41.9. The molecule has 10 heteroatoms. The Morgan fingerprint density at radius 1 is 1.23 bits per heavy atom. The zero-order valence-electron chi connectivity index (χ0n) is 16.4. The van der Waals surface area contributed by atoms with Gasteiger partial charge in [-0.1, -0.05) is 0 Å². The Hall–Kier alpha value is -3.14. The van der Waals surface area contributed by atoms with E-state index < -0.39 is 29.2 Å². The minimum atomic E-state index is -1.21. The van der Waals surface area contributed by atoms with Crippen molar-refractivity contribution in [2.75, 3.05) is 24.5 Å². The number of nitrogens with zero attached hydrogens (tertiary/aromatic N) is 5. The van der Waals surface area contributed by atoms with Crippen molar-refractivity contribution in [1.82, 2.24) is 19.6 Å². The van der Waals surface area contributed by atoms with Gasteiger partial charge in [-0.2, -0.15) is 4.98 Å². The summed E-state index contributed by atoms with van der Waals surface area (Å²) in [6.07, 6.45) is 1.47. The Labute approximate surface area is 170 Å². The van der Waals surface area contributed by atoms with Gasteiger partial charge in [0.15, 0.2) is 17.3 Å². The Morgan fingerprint density at radius 3 is 2.73 bits per heavy atom. The monoisotopic (exact) mass is 419 g/mol. The fourth-order valence-corrected chi connectivity index (χ4v) is 3.98. The standard InChI is InChI=1S/C20H20F3N5O2/c1-11-10-26(12(2)15-8-13(21)9-16(22)17(15)23)6-7-27(11)19-14-4-3-5-24-18(14)28(30)20(29)25-19/h3-5,8-9,11-12,30H,6-7,10H2,1-2H3/t11-,12+/m1/s1. The van der Waals surface area contributed by atoms with Gasteiger partial charge in [-0.3, -0.25) is 4.90 Å². The molecular weight excluding hydrogens is 399 g/mol. The highest BCUT2D eigenvalue weighted by Gasteiger charge is 2.31. The SMILES string of the molecule is C[C@@H]1CN([C@@H](C)c2cc(F)cc(F)c2F)CCN1c1nc(=O)n(O)c2ncccc12. The number of hydrogen-bond acceptors (Lipinski definition) is 6. The maximum atomic E-state index is 14.2. The Bertz CT molecular complexity index is 1170. The van der Waals surface area contributed by atoms with Crippen LogP contribution in [-0.4, -0.2) is 50.5 Å². The molecule has 7 nitrogen and oxygen atoms in total. The molecule has 0 amide bonds. The molecular formula is C20H20F3N5O2. The van der Waals surface area contributed by atoms with Crippen molar-refractivity contribution in [3.05, 3.63) is 64.0 Å². The number of hydrogen-bond donors (Lipinski definition) is 1. The zero-order chi connectivity index (χ0) is 21.6. The van der Waals surface area contributed by atoms with Gasteiger partial charge < -0.3 is 10.1 Å². The summed E-state index contributed by atoms with van der Waals surface area (Å²) in [6.45, 7) is 4.95. The molecule has 0 aliphatic carbocycles. The Balaban J connectivity index is 1.63. The third-order valence-electron chi connectivity index (χ3n) is 5.56. The lowest BCUT2D eigenvalue weighted by Gasteiger charge is -2.43. The van der Waals surface area contributed by atoms with Crippen molar-refractivity contribution in [2.45, 2.75) is 25.9 Å². The van der Waals surface area contributed by atoms with E-state index >= 15 is 0 Å². The molecule has 0 radical (unpaired) electrons. The van der Waals surface area contributed by atoms with E-state index in [4.69, 9.17) is 0 Å². The topological polar surface area (TPSA) is 74.5 Å². The first-order valence-electron chi connectivity index (χ1n) is 9.50. The lowest BCUT2D eigenvalue weighted by atomic mass is 10.0. The third-order valence-corrected chi connectivity index (χ3v) is 5.56. The first kappa shape index (κ1) is 20.1. The van der Waals surface area contributed by atoms with E-state index in [2.05, 4.69) is 9.97 Å². The number of benzene rings is 1. The minimum Gasteiger partial charge on any atom is -0.422 e. The Morgan fingerprint density at radius 2 is 2.00 bits per heavy atom. The molecule has 2 aromatic heterocycles. The smallest absolute Gasteiger partial charge is 0.384 e. The summed E-state index contributed by atoms with van der Waals surface area (Å²) in [5.41, 5.74) is -0.770.